The fraction of sp³-hybridized carbons (Fsp3) is 0.316. The number of nitrogen functional groups attached to an aromatic ring is 1. The van der Waals surface area contributed by atoms with Gasteiger partial charge in [-0.2, -0.15) is 0 Å². The summed E-state index contributed by atoms with van der Waals surface area (Å²) < 4.78 is 10.4. The number of benzene rings is 2. The second kappa shape index (κ2) is 9.05. The van der Waals surface area contributed by atoms with Crippen molar-refractivity contribution >= 4 is 17.7 Å². The molecular weight excluding hydrogens is 304 g/mol. The molecule has 0 aromatic heterocycles. The van der Waals surface area contributed by atoms with Crippen LogP contribution in [-0.4, -0.2) is 46.8 Å². The number of nitrogens with two attached hydrogens (primary N) is 1. The van der Waals surface area contributed by atoms with Crippen molar-refractivity contribution in [2.24, 2.45) is 0 Å². The Bertz CT molecular complexity index is 665. The number of methoxy groups -OCH3 is 2. The molecule has 0 unspecified atom stereocenters. The lowest BCUT2D eigenvalue weighted by Crippen LogP contribution is -2.31. The van der Waals surface area contributed by atoms with Gasteiger partial charge in [-0.3, -0.25) is 4.79 Å². The van der Waals surface area contributed by atoms with Crippen molar-refractivity contribution in [2.45, 2.75) is 0 Å². The summed E-state index contributed by atoms with van der Waals surface area (Å²) in [6, 6.07) is 13.3. The lowest BCUT2D eigenvalue weighted by atomic mass is 9.97. The van der Waals surface area contributed by atoms with Crippen LogP contribution >= 0.6 is 0 Å². The third-order valence-corrected chi connectivity index (χ3v) is 3.87. The molecule has 0 fully saturated rings. The molecule has 128 valence electrons. The van der Waals surface area contributed by atoms with Crippen LogP contribution < -0.4 is 10.6 Å². The van der Waals surface area contributed by atoms with Gasteiger partial charge in [-0.15, -0.1) is 0 Å². The Morgan fingerprint density at radius 2 is 1.67 bits per heavy atom. The van der Waals surface area contributed by atoms with Crippen molar-refractivity contribution < 1.29 is 14.3 Å². The van der Waals surface area contributed by atoms with Gasteiger partial charge in [0.25, 0.3) is 0 Å². The summed E-state index contributed by atoms with van der Waals surface area (Å²) >= 11 is 0. The van der Waals surface area contributed by atoms with Gasteiger partial charge in [-0.25, -0.2) is 0 Å². The molecule has 0 aliphatic heterocycles. The molecule has 5 nitrogen and oxygen atoms in total. The van der Waals surface area contributed by atoms with Crippen molar-refractivity contribution in [1.29, 1.82) is 0 Å². The molecule has 2 N–H and O–H groups in total. The molecule has 0 aliphatic carbocycles. The molecule has 0 saturated heterocycles. The lowest BCUT2D eigenvalue weighted by molar-refractivity contribution is 0.112. The quantitative estimate of drug-likeness (QED) is 0.566. The third kappa shape index (κ3) is 4.34. The summed E-state index contributed by atoms with van der Waals surface area (Å²) in [6.07, 6.45) is 0.872. The molecule has 24 heavy (non-hydrogen) atoms. The molecule has 0 aliphatic rings. The van der Waals surface area contributed by atoms with E-state index >= 15 is 0 Å². The molecule has 0 heterocycles. The zero-order valence-electron chi connectivity index (χ0n) is 14.2. The summed E-state index contributed by atoms with van der Waals surface area (Å²) in [6.45, 7) is 2.64. The fourth-order valence-corrected chi connectivity index (χ4v) is 2.65. The van der Waals surface area contributed by atoms with Gasteiger partial charge in [0.1, 0.15) is 0 Å². The average molecular weight is 328 g/mol. The number of anilines is 2. The monoisotopic (exact) mass is 328 g/mol. The Morgan fingerprint density at radius 3 is 2.29 bits per heavy atom. The highest BCUT2D eigenvalue weighted by Gasteiger charge is 2.15. The van der Waals surface area contributed by atoms with Crippen LogP contribution in [0.2, 0.25) is 0 Å². The maximum absolute atomic E-state index is 11.4. The maximum Gasteiger partial charge on any atom is 0.150 e. The first-order valence-electron chi connectivity index (χ1n) is 7.88. The molecule has 2 rings (SSSR count). The zero-order chi connectivity index (χ0) is 17.4. The molecule has 0 amide bonds. The second-order valence-electron chi connectivity index (χ2n) is 5.45. The highest BCUT2D eigenvalue weighted by atomic mass is 16.5. The van der Waals surface area contributed by atoms with Gasteiger partial charge >= 0.3 is 0 Å². The van der Waals surface area contributed by atoms with E-state index in [1.807, 2.05) is 42.5 Å². The van der Waals surface area contributed by atoms with Gasteiger partial charge in [0.2, 0.25) is 0 Å². The second-order valence-corrected chi connectivity index (χ2v) is 5.45. The van der Waals surface area contributed by atoms with E-state index in [4.69, 9.17) is 15.2 Å². The van der Waals surface area contributed by atoms with Gasteiger partial charge in [0.15, 0.2) is 6.29 Å². The normalized spacial score (nSPS) is 10.6. The Morgan fingerprint density at radius 1 is 1.00 bits per heavy atom. The molecule has 2 aromatic carbocycles. The number of carbonyl (C=O) groups excluding carboxylic acids is 1. The van der Waals surface area contributed by atoms with E-state index in [0.717, 1.165) is 36.2 Å². The molecule has 0 atom stereocenters. The SMILES string of the molecule is COCCN(CCOC)c1ccc(N)cc1-c1ccccc1C=O. The van der Waals surface area contributed by atoms with Crippen LogP contribution in [0.5, 0.6) is 0 Å². The van der Waals surface area contributed by atoms with Crippen LogP contribution in [0.4, 0.5) is 11.4 Å². The Kier molecular flexibility index (Phi) is 6.78. The van der Waals surface area contributed by atoms with E-state index in [1.165, 1.54) is 0 Å². The van der Waals surface area contributed by atoms with Gasteiger partial charge < -0.3 is 20.1 Å². The highest BCUT2D eigenvalue weighted by Crippen LogP contribution is 2.34. The predicted molar refractivity (Wildman–Crippen MR) is 97.6 cm³/mol. The van der Waals surface area contributed by atoms with E-state index in [0.29, 0.717) is 24.5 Å². The van der Waals surface area contributed by atoms with Gasteiger partial charge in [-0.05, 0) is 23.8 Å². The Labute approximate surface area is 143 Å². The number of ether oxygens (including phenoxy) is 2. The summed E-state index contributed by atoms with van der Waals surface area (Å²) in [5.74, 6) is 0. The first kappa shape index (κ1) is 18.0. The fourth-order valence-electron chi connectivity index (χ4n) is 2.65. The lowest BCUT2D eigenvalue weighted by Gasteiger charge is -2.27. The van der Waals surface area contributed by atoms with Crippen LogP contribution in [0.25, 0.3) is 11.1 Å². The third-order valence-electron chi connectivity index (χ3n) is 3.87. The van der Waals surface area contributed by atoms with Gasteiger partial charge in [0.05, 0.1) is 13.2 Å². The van der Waals surface area contributed by atoms with Crippen molar-refractivity contribution in [2.75, 3.05) is 51.2 Å². The minimum atomic E-state index is 0.600. The standard InChI is InChI=1S/C19H24N2O3/c1-23-11-9-21(10-12-24-2)19-8-7-16(20)13-18(19)17-6-4-3-5-15(17)14-22/h3-8,13-14H,9-12,20H2,1-2H3. The minimum Gasteiger partial charge on any atom is -0.399 e. The molecule has 2 aromatic rings. The Balaban J connectivity index is 2.50. The van der Waals surface area contributed by atoms with E-state index in [9.17, 15) is 4.79 Å². The number of hydrogen-bond donors (Lipinski definition) is 1. The van der Waals surface area contributed by atoms with Crippen LogP contribution in [-0.2, 0) is 9.47 Å². The largest absolute Gasteiger partial charge is 0.399 e. The topological polar surface area (TPSA) is 64.8 Å². The van der Waals surface area contributed by atoms with Crippen LogP contribution in [0.1, 0.15) is 10.4 Å². The highest BCUT2D eigenvalue weighted by molar-refractivity contribution is 5.92. The van der Waals surface area contributed by atoms with Crippen molar-refractivity contribution in [3.63, 3.8) is 0 Å². The van der Waals surface area contributed by atoms with E-state index < -0.39 is 0 Å². The molecule has 5 heteroatoms. The van der Waals surface area contributed by atoms with Crippen LogP contribution in [0.15, 0.2) is 42.5 Å². The van der Waals surface area contributed by atoms with Crippen LogP contribution in [0, 0.1) is 0 Å². The van der Waals surface area contributed by atoms with E-state index in [2.05, 4.69) is 4.90 Å². The first-order valence-corrected chi connectivity index (χ1v) is 7.88. The number of carbonyl (C=O) groups is 1. The molecule has 0 bridgehead atoms. The van der Waals surface area contributed by atoms with Crippen molar-refractivity contribution in [1.82, 2.24) is 0 Å². The smallest absolute Gasteiger partial charge is 0.150 e. The minimum absolute atomic E-state index is 0.600. The summed E-state index contributed by atoms with van der Waals surface area (Å²) in [5.41, 5.74) is 10.1. The Hall–Kier alpha value is -2.37. The predicted octanol–water partition coefficient (Wildman–Crippen LogP) is 2.85. The summed E-state index contributed by atoms with van der Waals surface area (Å²) in [5, 5.41) is 0. The number of hydrogen-bond acceptors (Lipinski definition) is 5. The number of aldehydes is 1. The zero-order valence-corrected chi connectivity index (χ0v) is 14.2. The molecule has 0 spiro atoms. The molecule has 0 saturated carbocycles. The average Bonchev–Trinajstić information content (AvgIpc) is 2.62. The maximum atomic E-state index is 11.4. The van der Waals surface area contributed by atoms with E-state index in [1.54, 1.807) is 14.2 Å². The molecule has 0 radical (unpaired) electrons. The van der Waals surface area contributed by atoms with Gasteiger partial charge in [0, 0.05) is 49.8 Å². The van der Waals surface area contributed by atoms with Crippen LogP contribution in [0.3, 0.4) is 0 Å². The summed E-state index contributed by atoms with van der Waals surface area (Å²) in [4.78, 5) is 13.6. The van der Waals surface area contributed by atoms with Gasteiger partial charge in [-0.1, -0.05) is 24.3 Å². The first-order chi connectivity index (χ1) is 11.7. The number of rotatable bonds is 9. The molecular formula is C19H24N2O3. The number of nitrogens with zero attached hydrogens (tertiary/aromatic N) is 1. The summed E-state index contributed by atoms with van der Waals surface area (Å²) in [7, 11) is 3.36. The van der Waals surface area contributed by atoms with E-state index in [-0.39, 0.29) is 0 Å². The van der Waals surface area contributed by atoms with Crippen molar-refractivity contribution in [3.05, 3.63) is 48.0 Å². The van der Waals surface area contributed by atoms with Crippen molar-refractivity contribution in [3.8, 4) is 11.1 Å².